The van der Waals surface area contributed by atoms with Crippen molar-refractivity contribution in [1.82, 2.24) is 14.5 Å². The first-order valence-corrected chi connectivity index (χ1v) is 13.4. The molecule has 0 saturated carbocycles. The zero-order valence-electron chi connectivity index (χ0n) is 20.0. The molecule has 4 heterocycles. The van der Waals surface area contributed by atoms with Gasteiger partial charge in [-0.1, -0.05) is 60.7 Å². The van der Waals surface area contributed by atoms with Crippen LogP contribution in [0.2, 0.25) is 0 Å². The largest absolute Gasteiger partial charge is 0.294 e. The summed E-state index contributed by atoms with van der Waals surface area (Å²) in [5.74, 6) is 0.685. The topological polar surface area (TPSA) is 47.8 Å². The number of fused-ring (bicyclic) bond motifs is 8. The number of rotatable bonds is 1. The normalized spacial score (nSPS) is 12.8. The number of para-hydroxylation sites is 1. The number of benzene rings is 4. The van der Waals surface area contributed by atoms with Crippen LogP contribution in [0.3, 0.4) is 0 Å². The fraction of sp³-hybridized carbons (Fsp3) is 0. The standard InChI is InChI=1S/C33H17N3OS/c37-33-22-10-2-1-9-21(22)31-30-18(13-14-34-31)15-29(35-32(30)33)36-25-11-5-3-7-19(25)23-16-24-20-8-4-6-12-27(20)38-28(24)17-26(23)36/h1-17H. The SMILES string of the molecule is O=C1c2ccccc2-c2nccc3cc(-n4c5ccccc5c5cc6c(cc54)sc4ccccc46)nc1c23. The van der Waals surface area contributed by atoms with E-state index >= 15 is 0 Å². The lowest BCUT2D eigenvalue weighted by Gasteiger charge is -2.19. The highest BCUT2D eigenvalue weighted by atomic mass is 32.1. The highest BCUT2D eigenvalue weighted by molar-refractivity contribution is 7.25. The van der Waals surface area contributed by atoms with Gasteiger partial charge in [0.05, 0.1) is 16.7 Å². The first-order chi connectivity index (χ1) is 18.8. The second-order valence-electron chi connectivity index (χ2n) is 9.78. The predicted octanol–water partition coefficient (Wildman–Crippen LogP) is 8.31. The Morgan fingerprint density at radius 3 is 2.34 bits per heavy atom. The van der Waals surface area contributed by atoms with Gasteiger partial charge < -0.3 is 0 Å². The van der Waals surface area contributed by atoms with Crippen LogP contribution in [0.5, 0.6) is 0 Å². The van der Waals surface area contributed by atoms with Crippen LogP contribution in [0, 0.1) is 0 Å². The Kier molecular flexibility index (Phi) is 3.79. The van der Waals surface area contributed by atoms with Crippen molar-refractivity contribution < 1.29 is 4.79 Å². The third kappa shape index (κ3) is 2.51. The van der Waals surface area contributed by atoms with E-state index in [-0.39, 0.29) is 5.78 Å². The highest BCUT2D eigenvalue weighted by Crippen LogP contribution is 2.42. The molecular formula is C33H17N3OS. The Bertz CT molecular complexity index is 2330. The summed E-state index contributed by atoms with van der Waals surface area (Å²) in [6, 6.07) is 33.4. The van der Waals surface area contributed by atoms with Crippen LogP contribution in [0.1, 0.15) is 16.1 Å². The van der Waals surface area contributed by atoms with Crippen molar-refractivity contribution in [2.45, 2.75) is 0 Å². The first kappa shape index (κ1) is 20.2. The molecule has 4 nitrogen and oxygen atoms in total. The molecule has 4 aromatic heterocycles. The molecule has 0 saturated heterocycles. The van der Waals surface area contributed by atoms with Gasteiger partial charge >= 0.3 is 0 Å². The average Bonchev–Trinajstić information content (AvgIpc) is 3.49. The van der Waals surface area contributed by atoms with E-state index in [1.807, 2.05) is 47.9 Å². The molecule has 1 aliphatic rings. The molecular weight excluding hydrogens is 486 g/mol. The fourth-order valence-electron chi connectivity index (χ4n) is 6.12. The van der Waals surface area contributed by atoms with Gasteiger partial charge in [-0.3, -0.25) is 14.3 Å². The van der Waals surface area contributed by atoms with Gasteiger partial charge in [0.1, 0.15) is 11.5 Å². The Morgan fingerprint density at radius 1 is 0.632 bits per heavy atom. The van der Waals surface area contributed by atoms with Crippen molar-refractivity contribution in [3.8, 4) is 17.1 Å². The molecule has 0 bridgehead atoms. The predicted molar refractivity (Wildman–Crippen MR) is 156 cm³/mol. The Morgan fingerprint density at radius 2 is 1.42 bits per heavy atom. The monoisotopic (exact) mass is 503 g/mol. The third-order valence-corrected chi connectivity index (χ3v) is 8.91. The lowest BCUT2D eigenvalue weighted by Crippen LogP contribution is -2.14. The summed E-state index contributed by atoms with van der Waals surface area (Å²) in [6.45, 7) is 0. The van der Waals surface area contributed by atoms with Gasteiger partial charge in [0.15, 0.2) is 0 Å². The molecule has 0 atom stereocenters. The zero-order valence-corrected chi connectivity index (χ0v) is 20.8. The van der Waals surface area contributed by atoms with Gasteiger partial charge in [0.2, 0.25) is 5.78 Å². The van der Waals surface area contributed by atoms with Gasteiger partial charge in [0.25, 0.3) is 0 Å². The molecule has 176 valence electrons. The molecule has 9 rings (SSSR count). The van der Waals surface area contributed by atoms with Crippen molar-refractivity contribution in [3.63, 3.8) is 0 Å². The molecule has 0 spiro atoms. The Labute approximate surface area is 220 Å². The molecule has 0 N–H and O–H groups in total. The van der Waals surface area contributed by atoms with Crippen LogP contribution >= 0.6 is 11.3 Å². The molecule has 4 aromatic carbocycles. The number of carbonyl (C=O) groups is 1. The summed E-state index contributed by atoms with van der Waals surface area (Å²) in [7, 11) is 0. The van der Waals surface area contributed by atoms with Gasteiger partial charge in [-0.2, -0.15) is 0 Å². The number of pyridine rings is 2. The molecule has 0 aliphatic heterocycles. The van der Waals surface area contributed by atoms with Crippen LogP contribution in [-0.4, -0.2) is 20.3 Å². The molecule has 8 aromatic rings. The average molecular weight is 504 g/mol. The first-order valence-electron chi connectivity index (χ1n) is 12.5. The number of ketones is 1. The zero-order chi connectivity index (χ0) is 25.0. The molecule has 5 heteroatoms. The van der Waals surface area contributed by atoms with E-state index in [0.717, 1.165) is 38.9 Å². The Hall–Kier alpha value is -4.87. The maximum atomic E-state index is 13.7. The Balaban J connectivity index is 1.42. The maximum absolute atomic E-state index is 13.7. The van der Waals surface area contributed by atoms with Crippen molar-refractivity contribution in [2.75, 3.05) is 0 Å². The maximum Gasteiger partial charge on any atom is 0.212 e. The van der Waals surface area contributed by atoms with E-state index < -0.39 is 0 Å². The van der Waals surface area contributed by atoms with Gasteiger partial charge in [-0.25, -0.2) is 4.98 Å². The minimum Gasteiger partial charge on any atom is -0.294 e. The fourth-order valence-corrected chi connectivity index (χ4v) is 7.24. The number of carbonyl (C=O) groups excluding carboxylic acids is 1. The summed E-state index contributed by atoms with van der Waals surface area (Å²) in [4.78, 5) is 23.4. The summed E-state index contributed by atoms with van der Waals surface area (Å²) < 4.78 is 4.73. The minimum atomic E-state index is -0.0550. The van der Waals surface area contributed by atoms with Crippen LogP contribution in [0.4, 0.5) is 0 Å². The van der Waals surface area contributed by atoms with E-state index in [1.54, 1.807) is 0 Å². The summed E-state index contributed by atoms with van der Waals surface area (Å²) in [5, 5.41) is 6.69. The van der Waals surface area contributed by atoms with E-state index in [2.05, 4.69) is 76.3 Å². The summed E-state index contributed by atoms with van der Waals surface area (Å²) >= 11 is 1.81. The molecule has 0 fully saturated rings. The van der Waals surface area contributed by atoms with Crippen LogP contribution in [0.25, 0.3) is 69.8 Å². The lowest BCUT2D eigenvalue weighted by atomic mass is 9.89. The number of hydrogen-bond donors (Lipinski definition) is 0. The van der Waals surface area contributed by atoms with Crippen LogP contribution < -0.4 is 0 Å². The van der Waals surface area contributed by atoms with Crippen molar-refractivity contribution in [2.24, 2.45) is 0 Å². The molecule has 0 unspecified atom stereocenters. The number of thiophene rings is 1. The summed E-state index contributed by atoms with van der Waals surface area (Å²) in [6.07, 6.45) is 1.82. The van der Waals surface area contributed by atoms with Gasteiger partial charge in [-0.15, -0.1) is 11.3 Å². The van der Waals surface area contributed by atoms with Crippen LogP contribution in [-0.2, 0) is 0 Å². The highest BCUT2D eigenvalue weighted by Gasteiger charge is 2.28. The molecule has 0 amide bonds. The number of aromatic nitrogens is 3. The molecule has 1 aliphatic carbocycles. The van der Waals surface area contributed by atoms with E-state index in [0.29, 0.717) is 11.3 Å². The van der Waals surface area contributed by atoms with Crippen molar-refractivity contribution >= 4 is 69.9 Å². The summed E-state index contributed by atoms with van der Waals surface area (Å²) in [5.41, 5.74) is 4.96. The van der Waals surface area contributed by atoms with E-state index in [4.69, 9.17) is 4.98 Å². The number of nitrogens with zero attached hydrogens (tertiary/aromatic N) is 3. The van der Waals surface area contributed by atoms with Gasteiger partial charge in [0, 0.05) is 53.7 Å². The lowest BCUT2D eigenvalue weighted by molar-refractivity contribution is 0.103. The molecule has 0 radical (unpaired) electrons. The minimum absolute atomic E-state index is 0.0550. The van der Waals surface area contributed by atoms with Crippen molar-refractivity contribution in [1.29, 1.82) is 0 Å². The molecule has 38 heavy (non-hydrogen) atoms. The second-order valence-corrected chi connectivity index (χ2v) is 10.9. The van der Waals surface area contributed by atoms with Crippen LogP contribution in [0.15, 0.2) is 103 Å². The number of hydrogen-bond acceptors (Lipinski definition) is 4. The van der Waals surface area contributed by atoms with Gasteiger partial charge in [-0.05, 0) is 41.8 Å². The van der Waals surface area contributed by atoms with E-state index in [1.165, 1.54) is 30.9 Å². The van der Waals surface area contributed by atoms with Crippen molar-refractivity contribution in [3.05, 3.63) is 115 Å². The smallest absolute Gasteiger partial charge is 0.212 e. The second kappa shape index (κ2) is 7.12. The van der Waals surface area contributed by atoms with E-state index in [9.17, 15) is 4.79 Å². The quantitative estimate of drug-likeness (QED) is 0.226. The third-order valence-electron chi connectivity index (χ3n) is 7.77.